The predicted molar refractivity (Wildman–Crippen MR) is 75.8 cm³/mol. The predicted octanol–water partition coefficient (Wildman–Crippen LogP) is 2.26. The van der Waals surface area contributed by atoms with Crippen molar-refractivity contribution in [1.82, 2.24) is 5.32 Å². The molecule has 0 heterocycles. The molecule has 2 N–H and O–H groups in total. The smallest absolute Gasteiger partial charge is 0.333 e. The molecule has 0 aliphatic carbocycles. The first-order chi connectivity index (χ1) is 9.10. The number of nitro groups is 1. The lowest BCUT2D eigenvalue weighted by atomic mass is 10.1. The minimum absolute atomic E-state index is 0.000933. The highest BCUT2D eigenvalue weighted by atomic mass is 16.6. The highest BCUT2D eigenvalue weighted by molar-refractivity contribution is 5.68. The van der Waals surface area contributed by atoms with Gasteiger partial charge in [0.1, 0.15) is 5.69 Å². The molecule has 0 fully saturated rings. The van der Waals surface area contributed by atoms with Crippen molar-refractivity contribution in [3.63, 3.8) is 0 Å². The first-order valence-electron chi connectivity index (χ1n) is 6.38. The Morgan fingerprint density at radius 1 is 1.42 bits per heavy atom. The molecule has 6 nitrogen and oxygen atoms in total. The summed E-state index contributed by atoms with van der Waals surface area (Å²) >= 11 is 0. The number of benzene rings is 1. The maximum atomic E-state index is 11.2. The monoisotopic (exact) mass is 267 g/mol. The second-order valence-electron chi connectivity index (χ2n) is 4.39. The molecule has 0 saturated carbocycles. The van der Waals surface area contributed by atoms with Gasteiger partial charge in [-0.05, 0) is 38.6 Å². The fourth-order valence-corrected chi connectivity index (χ4v) is 1.83. The molecule has 0 saturated heterocycles. The Kier molecular flexibility index (Phi) is 6.08. The summed E-state index contributed by atoms with van der Waals surface area (Å²) in [6.45, 7) is 5.80. The summed E-state index contributed by atoms with van der Waals surface area (Å²) in [7, 11) is 1.88. The van der Waals surface area contributed by atoms with E-state index in [2.05, 4.69) is 17.6 Å². The molecular formula is C13H21N3O3. The Morgan fingerprint density at radius 2 is 2.16 bits per heavy atom. The van der Waals surface area contributed by atoms with Crippen molar-refractivity contribution in [2.45, 2.75) is 13.8 Å². The van der Waals surface area contributed by atoms with Crippen molar-refractivity contribution in [2.24, 2.45) is 5.92 Å². The van der Waals surface area contributed by atoms with Gasteiger partial charge in [-0.25, -0.2) is 0 Å². The summed E-state index contributed by atoms with van der Waals surface area (Å²) in [6, 6.07) is 5.07. The van der Waals surface area contributed by atoms with E-state index < -0.39 is 4.92 Å². The van der Waals surface area contributed by atoms with Crippen molar-refractivity contribution in [3.05, 3.63) is 28.3 Å². The van der Waals surface area contributed by atoms with Crippen LogP contribution in [0.2, 0.25) is 0 Å². The van der Waals surface area contributed by atoms with Gasteiger partial charge in [0.15, 0.2) is 5.75 Å². The van der Waals surface area contributed by atoms with E-state index in [1.165, 1.54) is 0 Å². The van der Waals surface area contributed by atoms with E-state index in [0.29, 0.717) is 30.5 Å². The van der Waals surface area contributed by atoms with E-state index in [0.717, 1.165) is 6.54 Å². The minimum Gasteiger partial charge on any atom is -0.487 e. The largest absolute Gasteiger partial charge is 0.487 e. The fraction of sp³-hybridized carbons (Fsp3) is 0.538. The summed E-state index contributed by atoms with van der Waals surface area (Å²) in [5.74, 6) is 0.680. The van der Waals surface area contributed by atoms with Crippen LogP contribution in [0.5, 0.6) is 5.75 Å². The molecule has 0 bridgehead atoms. The van der Waals surface area contributed by atoms with Gasteiger partial charge in [0.2, 0.25) is 0 Å². The van der Waals surface area contributed by atoms with Crippen molar-refractivity contribution >= 4 is 11.4 Å². The number of para-hydroxylation sites is 1. The third kappa shape index (κ3) is 4.40. The molecule has 0 aliphatic heterocycles. The van der Waals surface area contributed by atoms with E-state index in [1.807, 2.05) is 7.05 Å². The van der Waals surface area contributed by atoms with Gasteiger partial charge in [0, 0.05) is 6.54 Å². The Hall–Kier alpha value is -1.82. The normalized spacial score (nSPS) is 11.9. The summed E-state index contributed by atoms with van der Waals surface area (Å²) in [6.07, 6.45) is 0. The van der Waals surface area contributed by atoms with E-state index in [9.17, 15) is 10.1 Å². The number of anilines is 1. The molecule has 19 heavy (non-hydrogen) atoms. The summed E-state index contributed by atoms with van der Waals surface area (Å²) < 4.78 is 5.30. The van der Waals surface area contributed by atoms with Crippen LogP contribution in [0.1, 0.15) is 13.8 Å². The van der Waals surface area contributed by atoms with Gasteiger partial charge in [-0.1, -0.05) is 13.0 Å². The van der Waals surface area contributed by atoms with Crippen LogP contribution >= 0.6 is 0 Å². The Balaban J connectivity index is 2.87. The van der Waals surface area contributed by atoms with Crippen molar-refractivity contribution in [1.29, 1.82) is 0 Å². The Morgan fingerprint density at radius 3 is 2.74 bits per heavy atom. The molecule has 0 aliphatic rings. The SMILES string of the molecule is CCOc1cccc(NCC(C)CNC)c1[N+](=O)[O-]. The van der Waals surface area contributed by atoms with Crippen LogP contribution in [-0.2, 0) is 0 Å². The quantitative estimate of drug-likeness (QED) is 0.558. The number of nitrogens with zero attached hydrogens (tertiary/aromatic N) is 1. The van der Waals surface area contributed by atoms with Crippen molar-refractivity contribution in [3.8, 4) is 5.75 Å². The minimum atomic E-state index is -0.407. The first-order valence-corrected chi connectivity index (χ1v) is 6.38. The molecule has 1 unspecified atom stereocenters. The fourth-order valence-electron chi connectivity index (χ4n) is 1.83. The summed E-state index contributed by atoms with van der Waals surface area (Å²) in [5, 5.41) is 17.4. The van der Waals surface area contributed by atoms with Gasteiger partial charge in [0.05, 0.1) is 11.5 Å². The molecule has 0 amide bonds. The van der Waals surface area contributed by atoms with E-state index in [4.69, 9.17) is 4.74 Å². The number of hydrogen-bond donors (Lipinski definition) is 2. The van der Waals surface area contributed by atoms with Gasteiger partial charge < -0.3 is 15.4 Å². The van der Waals surface area contributed by atoms with Gasteiger partial charge in [-0.3, -0.25) is 10.1 Å². The van der Waals surface area contributed by atoms with Gasteiger partial charge in [-0.15, -0.1) is 0 Å². The van der Waals surface area contributed by atoms with Crippen molar-refractivity contribution < 1.29 is 9.66 Å². The molecule has 1 aromatic carbocycles. The summed E-state index contributed by atoms with van der Waals surface area (Å²) in [4.78, 5) is 10.8. The lowest BCUT2D eigenvalue weighted by Gasteiger charge is -2.14. The van der Waals surface area contributed by atoms with Crippen molar-refractivity contribution in [2.75, 3.05) is 32.1 Å². The molecule has 0 radical (unpaired) electrons. The number of rotatable bonds is 8. The maximum absolute atomic E-state index is 11.2. The molecule has 1 rings (SSSR count). The van der Waals surface area contributed by atoms with Gasteiger partial charge >= 0.3 is 5.69 Å². The molecule has 0 spiro atoms. The van der Waals surface area contributed by atoms with Gasteiger partial charge in [0.25, 0.3) is 0 Å². The van der Waals surface area contributed by atoms with Crippen LogP contribution in [0.4, 0.5) is 11.4 Å². The first kappa shape index (κ1) is 15.2. The molecule has 106 valence electrons. The highest BCUT2D eigenvalue weighted by Crippen LogP contribution is 2.34. The van der Waals surface area contributed by atoms with E-state index in [-0.39, 0.29) is 5.69 Å². The number of nitro benzene ring substituents is 1. The molecule has 1 atom stereocenters. The second-order valence-corrected chi connectivity index (χ2v) is 4.39. The zero-order valence-electron chi connectivity index (χ0n) is 11.6. The van der Waals surface area contributed by atoms with E-state index in [1.54, 1.807) is 25.1 Å². The molecule has 6 heteroatoms. The zero-order valence-corrected chi connectivity index (χ0v) is 11.6. The molecular weight excluding hydrogens is 246 g/mol. The van der Waals surface area contributed by atoms with Crippen LogP contribution in [-0.4, -0.2) is 31.7 Å². The molecule has 0 aromatic heterocycles. The third-order valence-corrected chi connectivity index (χ3v) is 2.67. The average Bonchev–Trinajstić information content (AvgIpc) is 2.37. The Labute approximate surface area is 113 Å². The zero-order chi connectivity index (χ0) is 14.3. The lowest BCUT2D eigenvalue weighted by Crippen LogP contribution is -2.23. The average molecular weight is 267 g/mol. The second kappa shape index (κ2) is 7.58. The maximum Gasteiger partial charge on any atom is 0.333 e. The number of hydrogen-bond acceptors (Lipinski definition) is 5. The Bertz CT molecular complexity index is 424. The standard InChI is InChI=1S/C13H21N3O3/c1-4-19-12-7-5-6-11(13(12)16(17)18)15-9-10(2)8-14-3/h5-7,10,14-15H,4,8-9H2,1-3H3. The third-order valence-electron chi connectivity index (χ3n) is 2.67. The van der Waals surface area contributed by atoms with Crippen LogP contribution in [0.25, 0.3) is 0 Å². The number of ether oxygens (including phenoxy) is 1. The number of nitrogens with one attached hydrogen (secondary N) is 2. The molecule has 1 aromatic rings. The topological polar surface area (TPSA) is 76.4 Å². The van der Waals surface area contributed by atoms with E-state index >= 15 is 0 Å². The van der Waals surface area contributed by atoms with Crippen LogP contribution in [0.15, 0.2) is 18.2 Å². The van der Waals surface area contributed by atoms with Crippen LogP contribution in [0, 0.1) is 16.0 Å². The van der Waals surface area contributed by atoms with Gasteiger partial charge in [-0.2, -0.15) is 0 Å². The van der Waals surface area contributed by atoms with Crippen LogP contribution < -0.4 is 15.4 Å². The lowest BCUT2D eigenvalue weighted by molar-refractivity contribution is -0.384. The summed E-state index contributed by atoms with van der Waals surface area (Å²) in [5.41, 5.74) is 0.500. The highest BCUT2D eigenvalue weighted by Gasteiger charge is 2.20. The van der Waals surface area contributed by atoms with Crippen LogP contribution in [0.3, 0.4) is 0 Å².